The maximum atomic E-state index is 16.4. The highest BCUT2D eigenvalue weighted by Crippen LogP contribution is 2.69. The van der Waals surface area contributed by atoms with Crippen molar-refractivity contribution >= 4 is 70.4 Å². The van der Waals surface area contributed by atoms with Crippen LogP contribution in [-0.2, 0) is 49.4 Å². The molecule has 0 amide bonds. The molecule has 92 heteroatoms. The highest BCUT2D eigenvalue weighted by atomic mass is 28.6. The molecular weight excluding hydrogens is 2360 g/mol. The summed E-state index contributed by atoms with van der Waals surface area (Å²) in [6.07, 6.45) is -111. The summed E-state index contributed by atoms with van der Waals surface area (Å²) in [6.45, 7) is 0. The van der Waals surface area contributed by atoms with E-state index in [1.54, 1.807) is 0 Å². The molecule has 0 aromatic heterocycles. The second-order valence-corrected chi connectivity index (χ2v) is 54.2. The molecule has 6 fully saturated rings. The van der Waals surface area contributed by atoms with Crippen LogP contribution in [0.3, 0.4) is 0 Å². The molecule has 8 bridgehead atoms. The minimum atomic E-state index is -10.3. The number of rotatable bonds is 40. The molecular formula is C48H32F72O12Si8. The van der Waals surface area contributed by atoms with E-state index in [0.29, 0.717) is 0 Å². The topological polar surface area (TPSA) is 111 Å². The zero-order valence-electron chi connectivity index (χ0n) is 63.4. The van der Waals surface area contributed by atoms with Crippen molar-refractivity contribution in [1.29, 1.82) is 0 Å². The average molecular weight is 2390 g/mol. The zero-order chi connectivity index (χ0) is 112. The molecule has 6 rings (SSSR count). The molecule has 0 N–H and O–H groups in total. The lowest BCUT2D eigenvalue weighted by Crippen LogP contribution is -2.88. The molecule has 0 aromatic carbocycles. The van der Waals surface area contributed by atoms with Crippen molar-refractivity contribution in [2.75, 3.05) is 0 Å². The lowest BCUT2D eigenvalue weighted by Gasteiger charge is -2.63. The quantitative estimate of drug-likeness (QED) is 0.0430. The smallest absolute Gasteiger partial charge is 0.373 e. The van der Waals surface area contributed by atoms with Gasteiger partial charge in [0.05, 0.1) is 0 Å². The molecule has 12 nitrogen and oxygen atoms in total. The number of alkyl halides is 72. The lowest BCUT2D eigenvalue weighted by molar-refractivity contribution is -0.396. The molecule has 0 unspecified atom stereocenters. The molecule has 6 heterocycles. The van der Waals surface area contributed by atoms with E-state index >= 15 is 140 Å². The molecule has 6 aliphatic rings. The summed E-state index contributed by atoms with van der Waals surface area (Å²) in [4.78, 5) is 0. The van der Waals surface area contributed by atoms with Crippen LogP contribution < -0.4 is 0 Å². The minimum Gasteiger partial charge on any atom is -0.373 e. The van der Waals surface area contributed by atoms with E-state index < -0.39 is 362 Å². The van der Waals surface area contributed by atoms with Crippen LogP contribution in [0.4, 0.5) is 316 Å². The highest BCUT2D eigenvalue weighted by molar-refractivity contribution is 7.03. The second kappa shape index (κ2) is 34.9. The molecule has 0 spiro atoms. The molecule has 6 aliphatic heterocycles. The van der Waals surface area contributed by atoms with E-state index in [1.165, 1.54) is 0 Å². The summed E-state index contributed by atoms with van der Waals surface area (Å²) in [7, 11) is -82.4. The Kier molecular flexibility index (Phi) is 31.6. The van der Waals surface area contributed by atoms with Crippen LogP contribution in [0.15, 0.2) is 0 Å². The van der Waals surface area contributed by atoms with Gasteiger partial charge in [0.15, 0.2) is 0 Å². The Morgan fingerprint density at radius 3 is 0.200 bits per heavy atom. The fourth-order valence-corrected chi connectivity index (χ4v) is 62.1. The van der Waals surface area contributed by atoms with Crippen molar-refractivity contribution in [3.05, 3.63) is 0 Å². The van der Waals surface area contributed by atoms with Gasteiger partial charge in [-0.05, 0) is 0 Å². The standard InChI is InChI=1S/C48H32F72O12Si8/c49-17(50,25(65,66)33(81,82)41(97,98)99)1-9-133-121-134(10-2-18(51,52)26(67,68)34(83,84)42(100,101)102)124-137(13-5-21(57,58)29(73,74)37(89,90)45(109,110)111)126-135(122-133,11-3-19(53,54)27(69,70)35(85,86)43(103,104)105)128-139(15-7-23(61,62)31(77,78)39(93,94)47(115,116)117)129-136(123-133,12-4-20(55,56)28(71,72)36(87,88)44(106,107)108)127-138(125-134,14-6-22(59,60)30(75,76)38(91,92)46(112,113)114)131-140(130-137,132-139)16-8-24(63,64)32(79,80)40(95,96)48(118,119)120/h1-16H2. The van der Waals surface area contributed by atoms with Gasteiger partial charge in [-0.2, -0.15) is 316 Å². The largest absolute Gasteiger partial charge is 0.479 e. The van der Waals surface area contributed by atoms with Crippen LogP contribution in [0.25, 0.3) is 0 Å². The third-order valence-corrected chi connectivity index (χ3v) is 56.1. The molecule has 0 radical (unpaired) electrons. The predicted molar refractivity (Wildman–Crippen MR) is 302 cm³/mol. The van der Waals surface area contributed by atoms with Crippen molar-refractivity contribution in [3.63, 3.8) is 0 Å². The lowest BCUT2D eigenvalue weighted by atomic mass is 10.0. The van der Waals surface area contributed by atoms with Crippen molar-refractivity contribution in [2.45, 2.75) is 291 Å². The Morgan fingerprint density at radius 2 is 0.150 bits per heavy atom. The zero-order valence-corrected chi connectivity index (χ0v) is 71.4. The number of halogens is 72. The Morgan fingerprint density at radius 1 is 0.0929 bits per heavy atom. The predicted octanol–water partition coefficient (Wildman–Crippen LogP) is 26.6. The highest BCUT2D eigenvalue weighted by Gasteiger charge is 2.94. The summed E-state index contributed by atoms with van der Waals surface area (Å²) < 4.78 is 1130. The fraction of sp³-hybridized carbons (Fsp3) is 1.00. The Bertz CT molecular complexity index is 3480. The summed E-state index contributed by atoms with van der Waals surface area (Å²) in [5, 5.41) is 0. The molecule has 832 valence electrons. The third-order valence-electron chi connectivity index (χ3n) is 19.4. The SMILES string of the molecule is FC(F)(F)C(F)(F)C(F)(F)C(F)(F)CC[Si]12O[Si]3(CCC(F)(F)C(F)(F)C(F)(F)C(F)(F)F)O[Si]4(CCC(F)(F)C(F)(F)C(F)(F)C(F)(F)F)O[Si](CCC(F)(F)C(F)(F)C(F)(F)C(F)(F)F)(O1)O[Si]1(CCC(F)(F)C(F)(F)C(F)(F)C(F)(F)F)O[Si](CCC(F)(F)C(F)(F)C(F)(F)C(F)(F)F)(O2)O[Si](CCC(F)(F)C(F)(F)C(F)(F)C(F)(F)F)(O3)O[Si](CCC(F)(F)C(F)(F)C(F)(F)C(F)(F)F)(O4)O1. The van der Waals surface area contributed by atoms with Gasteiger partial charge in [0.25, 0.3) is 0 Å². The normalized spacial score (nSPS) is 26.9. The molecule has 0 atom stereocenters. The second-order valence-electron chi connectivity index (χ2n) is 29.5. The maximum absolute atomic E-state index is 16.4. The molecule has 140 heavy (non-hydrogen) atoms. The first kappa shape index (κ1) is 127. The summed E-state index contributed by atoms with van der Waals surface area (Å²) >= 11 is 0. The Hall–Kier alpha value is -3.78. The van der Waals surface area contributed by atoms with Crippen molar-refractivity contribution in [2.24, 2.45) is 0 Å². The summed E-state index contributed by atoms with van der Waals surface area (Å²) in [6, 6.07) is -39.2. The van der Waals surface area contributed by atoms with E-state index in [4.69, 9.17) is 0 Å². The third kappa shape index (κ3) is 20.6. The minimum absolute atomic E-state index is 4.39. The monoisotopic (exact) mass is 2390 g/mol. The van der Waals surface area contributed by atoms with E-state index in [9.17, 15) is 176 Å². The van der Waals surface area contributed by atoms with E-state index in [-0.39, 0.29) is 0 Å². The first-order valence-electron chi connectivity index (χ1n) is 34.2. The van der Waals surface area contributed by atoms with Crippen molar-refractivity contribution < 1.29 is 365 Å². The van der Waals surface area contributed by atoms with Crippen LogP contribution in [0.5, 0.6) is 0 Å². The van der Waals surface area contributed by atoms with Gasteiger partial charge in [-0.1, -0.05) is 0 Å². The fourth-order valence-electron chi connectivity index (χ4n) is 11.6. The van der Waals surface area contributed by atoms with Gasteiger partial charge in [0.2, 0.25) is 0 Å². The summed E-state index contributed by atoms with van der Waals surface area (Å²) in [5.41, 5.74) is 0. The van der Waals surface area contributed by atoms with Crippen LogP contribution in [0.1, 0.15) is 51.4 Å². The van der Waals surface area contributed by atoms with Crippen LogP contribution in [0.2, 0.25) is 48.4 Å². The van der Waals surface area contributed by atoms with Gasteiger partial charge in [-0.25, -0.2) is 0 Å². The first-order valence-corrected chi connectivity index (χ1v) is 49.6. The molecule has 0 aromatic rings. The molecule has 0 saturated carbocycles. The van der Waals surface area contributed by atoms with Gasteiger partial charge in [-0.15, -0.1) is 0 Å². The number of hydrogen-bond acceptors (Lipinski definition) is 12. The van der Waals surface area contributed by atoms with E-state index in [0.717, 1.165) is 0 Å². The van der Waals surface area contributed by atoms with Crippen LogP contribution in [0, 0.1) is 0 Å². The maximum Gasteiger partial charge on any atom is 0.479 e. The first-order chi connectivity index (χ1) is 60.1. The summed E-state index contributed by atoms with van der Waals surface area (Å²) in [5.74, 6) is -214. The molecule has 0 aliphatic carbocycles. The van der Waals surface area contributed by atoms with Gasteiger partial charge >= 0.3 is 262 Å². The Labute approximate surface area is 726 Å². The average Bonchev–Trinajstić information content (AvgIpc) is 0.677. The van der Waals surface area contributed by atoms with E-state index in [2.05, 4.69) is 49.4 Å². The number of hydrogen-bond donors (Lipinski definition) is 0. The van der Waals surface area contributed by atoms with Crippen molar-refractivity contribution in [1.82, 2.24) is 0 Å². The van der Waals surface area contributed by atoms with Crippen LogP contribution in [-0.4, -0.2) is 262 Å². The van der Waals surface area contributed by atoms with E-state index in [1.807, 2.05) is 0 Å². The Balaban J connectivity index is 2.54. The van der Waals surface area contributed by atoms with Crippen molar-refractivity contribution in [3.8, 4) is 0 Å². The van der Waals surface area contributed by atoms with Gasteiger partial charge in [-0.3, -0.25) is 0 Å². The van der Waals surface area contributed by atoms with Gasteiger partial charge < -0.3 is 49.4 Å². The van der Waals surface area contributed by atoms with Crippen LogP contribution >= 0.6 is 0 Å². The van der Waals surface area contributed by atoms with Gasteiger partial charge in [0, 0.05) is 99.7 Å². The van der Waals surface area contributed by atoms with Gasteiger partial charge in [0.1, 0.15) is 0 Å². The molecule has 6 saturated heterocycles.